The number of hydrogen-bond donors (Lipinski definition) is 0. The van der Waals surface area contributed by atoms with E-state index in [1.807, 2.05) is 17.0 Å². The molecule has 1 aromatic heterocycles. The van der Waals surface area contributed by atoms with Crippen molar-refractivity contribution in [2.24, 2.45) is 0 Å². The van der Waals surface area contributed by atoms with Crippen LogP contribution >= 0.6 is 0 Å². The molecule has 1 amide bonds. The number of hydrogen-bond acceptors (Lipinski definition) is 4. The number of anilines is 1. The number of carbonyl (C=O) groups excluding carboxylic acids is 1. The van der Waals surface area contributed by atoms with E-state index in [4.69, 9.17) is 4.74 Å². The molecule has 1 atom stereocenters. The monoisotopic (exact) mass is 365 g/mol. The van der Waals surface area contributed by atoms with E-state index in [0.717, 1.165) is 64.5 Å². The van der Waals surface area contributed by atoms with E-state index in [1.165, 1.54) is 5.56 Å². The number of benzene rings is 1. The lowest BCUT2D eigenvalue weighted by molar-refractivity contribution is 0.0760. The third-order valence-electron chi connectivity index (χ3n) is 5.62. The molecule has 142 valence electrons. The van der Waals surface area contributed by atoms with Gasteiger partial charge in [-0.2, -0.15) is 0 Å². The summed E-state index contributed by atoms with van der Waals surface area (Å²) in [7, 11) is 0. The minimum atomic E-state index is 0.102. The topological polar surface area (TPSA) is 45.7 Å². The van der Waals surface area contributed by atoms with Gasteiger partial charge in [0.15, 0.2) is 0 Å². The maximum atomic E-state index is 12.9. The number of pyridine rings is 1. The van der Waals surface area contributed by atoms with Crippen LogP contribution in [0.5, 0.6) is 0 Å². The molecule has 27 heavy (non-hydrogen) atoms. The Labute approximate surface area is 161 Å². The second-order valence-corrected chi connectivity index (χ2v) is 7.34. The molecule has 4 rings (SSSR count). The number of aromatic nitrogens is 1. The third-order valence-corrected chi connectivity index (χ3v) is 5.62. The van der Waals surface area contributed by atoms with Gasteiger partial charge in [-0.15, -0.1) is 0 Å². The van der Waals surface area contributed by atoms with Crippen LogP contribution in [-0.2, 0) is 4.74 Å². The molecule has 0 saturated carbocycles. The van der Waals surface area contributed by atoms with Crippen molar-refractivity contribution in [2.75, 3.05) is 44.3 Å². The highest BCUT2D eigenvalue weighted by Crippen LogP contribution is 2.28. The summed E-state index contributed by atoms with van der Waals surface area (Å²) in [5.74, 6) is 1.57. The van der Waals surface area contributed by atoms with Crippen molar-refractivity contribution in [2.45, 2.75) is 25.2 Å². The Bertz CT molecular complexity index is 742. The number of carbonyl (C=O) groups is 1. The quantitative estimate of drug-likeness (QED) is 0.837. The fraction of sp³-hybridized carbons (Fsp3) is 0.455. The zero-order valence-electron chi connectivity index (χ0n) is 15.7. The second kappa shape index (κ2) is 8.53. The molecule has 2 aliphatic rings. The van der Waals surface area contributed by atoms with Gasteiger partial charge < -0.3 is 14.5 Å². The zero-order chi connectivity index (χ0) is 18.5. The maximum Gasteiger partial charge on any atom is 0.255 e. The predicted octanol–water partition coefficient (Wildman–Crippen LogP) is 3.33. The lowest BCUT2D eigenvalue weighted by atomic mass is 9.92. The van der Waals surface area contributed by atoms with Gasteiger partial charge in [-0.3, -0.25) is 4.79 Å². The fourth-order valence-corrected chi connectivity index (χ4v) is 4.03. The van der Waals surface area contributed by atoms with Crippen LogP contribution in [0.1, 0.15) is 41.1 Å². The van der Waals surface area contributed by atoms with E-state index in [0.29, 0.717) is 11.5 Å². The molecule has 5 nitrogen and oxygen atoms in total. The Morgan fingerprint density at radius 2 is 1.78 bits per heavy atom. The molecular weight excluding hydrogens is 338 g/mol. The first-order valence-corrected chi connectivity index (χ1v) is 9.94. The lowest BCUT2D eigenvalue weighted by Gasteiger charge is -2.28. The molecule has 1 unspecified atom stereocenters. The summed E-state index contributed by atoms with van der Waals surface area (Å²) in [6, 6.07) is 14.6. The largest absolute Gasteiger partial charge is 0.378 e. The Morgan fingerprint density at radius 3 is 2.52 bits per heavy atom. The van der Waals surface area contributed by atoms with Crippen LogP contribution in [0, 0.1) is 0 Å². The van der Waals surface area contributed by atoms with Crippen LogP contribution < -0.4 is 4.90 Å². The van der Waals surface area contributed by atoms with Crippen LogP contribution in [0.2, 0.25) is 0 Å². The first-order valence-electron chi connectivity index (χ1n) is 9.94. The Morgan fingerprint density at radius 1 is 0.963 bits per heavy atom. The van der Waals surface area contributed by atoms with Crippen LogP contribution in [0.25, 0.3) is 0 Å². The molecule has 2 aliphatic heterocycles. The molecule has 2 saturated heterocycles. The summed E-state index contributed by atoms with van der Waals surface area (Å²) in [4.78, 5) is 21.7. The first kappa shape index (κ1) is 18.0. The Kier molecular flexibility index (Phi) is 5.68. The summed E-state index contributed by atoms with van der Waals surface area (Å²) >= 11 is 0. The SMILES string of the molecule is O=C(c1ccc(N2CCOCC2)nc1)N1CCCC(c2ccccc2)CC1. The van der Waals surface area contributed by atoms with Crippen molar-refractivity contribution in [1.82, 2.24) is 9.88 Å². The average molecular weight is 365 g/mol. The normalized spacial score (nSPS) is 21.0. The molecular formula is C22H27N3O2. The third kappa shape index (κ3) is 4.30. The molecule has 2 aromatic rings. The van der Waals surface area contributed by atoms with E-state index in [9.17, 15) is 4.79 Å². The highest BCUT2D eigenvalue weighted by Gasteiger charge is 2.23. The predicted molar refractivity (Wildman–Crippen MR) is 106 cm³/mol. The minimum absolute atomic E-state index is 0.102. The van der Waals surface area contributed by atoms with Crippen molar-refractivity contribution in [3.05, 3.63) is 59.8 Å². The van der Waals surface area contributed by atoms with Crippen molar-refractivity contribution < 1.29 is 9.53 Å². The van der Waals surface area contributed by atoms with Gasteiger partial charge in [0.1, 0.15) is 5.82 Å². The molecule has 0 spiro atoms. The highest BCUT2D eigenvalue weighted by molar-refractivity contribution is 5.94. The number of amides is 1. The van der Waals surface area contributed by atoms with Gasteiger partial charge in [-0.05, 0) is 42.9 Å². The smallest absolute Gasteiger partial charge is 0.255 e. The maximum absolute atomic E-state index is 12.9. The first-order chi connectivity index (χ1) is 13.3. The molecule has 5 heteroatoms. The van der Waals surface area contributed by atoms with Gasteiger partial charge in [0.25, 0.3) is 5.91 Å². The Balaban J connectivity index is 1.39. The number of morpholine rings is 1. The molecule has 0 aliphatic carbocycles. The van der Waals surface area contributed by atoms with E-state index >= 15 is 0 Å². The lowest BCUT2D eigenvalue weighted by Crippen LogP contribution is -2.37. The van der Waals surface area contributed by atoms with Crippen molar-refractivity contribution in [1.29, 1.82) is 0 Å². The van der Waals surface area contributed by atoms with E-state index in [1.54, 1.807) is 6.20 Å². The van der Waals surface area contributed by atoms with E-state index in [-0.39, 0.29) is 5.91 Å². The molecule has 2 fully saturated rings. The number of likely N-dealkylation sites (tertiary alicyclic amines) is 1. The van der Waals surface area contributed by atoms with Crippen LogP contribution in [0.3, 0.4) is 0 Å². The van der Waals surface area contributed by atoms with Gasteiger partial charge in [-0.25, -0.2) is 4.98 Å². The standard InChI is InChI=1S/C22H27N3O2/c26-22(20-8-9-21(23-17-20)24-13-15-27-16-14-24)25-11-4-7-19(10-12-25)18-5-2-1-3-6-18/h1-3,5-6,8-9,17,19H,4,7,10-16H2. The van der Waals surface area contributed by atoms with Crippen molar-refractivity contribution in [3.8, 4) is 0 Å². The summed E-state index contributed by atoms with van der Waals surface area (Å²) in [5.41, 5.74) is 2.08. The highest BCUT2D eigenvalue weighted by atomic mass is 16.5. The fourth-order valence-electron chi connectivity index (χ4n) is 4.03. The van der Waals surface area contributed by atoms with Gasteiger partial charge in [-0.1, -0.05) is 30.3 Å². The molecule has 0 bridgehead atoms. The van der Waals surface area contributed by atoms with Gasteiger partial charge in [0.05, 0.1) is 18.8 Å². The van der Waals surface area contributed by atoms with Gasteiger partial charge in [0, 0.05) is 32.4 Å². The van der Waals surface area contributed by atoms with Gasteiger partial charge >= 0.3 is 0 Å². The average Bonchev–Trinajstić information content (AvgIpc) is 3.01. The summed E-state index contributed by atoms with van der Waals surface area (Å²) in [5, 5.41) is 0. The summed E-state index contributed by atoms with van der Waals surface area (Å²) in [6.07, 6.45) is 4.94. The summed E-state index contributed by atoms with van der Waals surface area (Å²) < 4.78 is 5.38. The van der Waals surface area contributed by atoms with Crippen LogP contribution in [0.15, 0.2) is 48.7 Å². The van der Waals surface area contributed by atoms with Crippen molar-refractivity contribution in [3.63, 3.8) is 0 Å². The number of rotatable bonds is 3. The zero-order valence-corrected chi connectivity index (χ0v) is 15.7. The molecule has 0 radical (unpaired) electrons. The van der Waals surface area contributed by atoms with Gasteiger partial charge in [0.2, 0.25) is 0 Å². The second-order valence-electron chi connectivity index (χ2n) is 7.34. The minimum Gasteiger partial charge on any atom is -0.378 e. The number of ether oxygens (including phenoxy) is 1. The van der Waals surface area contributed by atoms with Crippen molar-refractivity contribution >= 4 is 11.7 Å². The molecule has 0 N–H and O–H groups in total. The van der Waals surface area contributed by atoms with Crippen LogP contribution in [0.4, 0.5) is 5.82 Å². The Hall–Kier alpha value is -2.40. The molecule has 3 heterocycles. The van der Waals surface area contributed by atoms with E-state index in [2.05, 4.69) is 40.2 Å². The molecule has 1 aromatic carbocycles. The number of nitrogens with zero attached hydrogens (tertiary/aromatic N) is 3. The van der Waals surface area contributed by atoms with E-state index < -0.39 is 0 Å². The van der Waals surface area contributed by atoms with Crippen LogP contribution in [-0.4, -0.2) is 55.2 Å². The summed E-state index contributed by atoms with van der Waals surface area (Å²) in [6.45, 7) is 4.81.